The SMILES string of the molecule is O=C1c2oc3ccc(Br)cc3c(=O)c2[C@@H](c2cccc([N+](=O)[O-])c2)N1C[C@H]1CCCO1. The van der Waals surface area contributed by atoms with Gasteiger partial charge in [-0.3, -0.25) is 19.7 Å². The van der Waals surface area contributed by atoms with Gasteiger partial charge in [0.2, 0.25) is 5.76 Å². The molecule has 0 N–H and O–H groups in total. The number of halogens is 1. The van der Waals surface area contributed by atoms with Crippen LogP contribution in [0.3, 0.4) is 0 Å². The number of nitro benzene ring substituents is 1. The molecule has 158 valence electrons. The van der Waals surface area contributed by atoms with Crippen LogP contribution in [0.5, 0.6) is 0 Å². The second-order valence-electron chi connectivity index (χ2n) is 7.66. The number of non-ortho nitro benzene ring substituents is 1. The molecular weight excluding hydrogens is 468 g/mol. The quantitative estimate of drug-likeness (QED) is 0.406. The topological polar surface area (TPSA) is 103 Å². The summed E-state index contributed by atoms with van der Waals surface area (Å²) in [6, 6.07) is 10.3. The first-order valence-corrected chi connectivity index (χ1v) is 10.7. The van der Waals surface area contributed by atoms with Crippen LogP contribution in [0.4, 0.5) is 5.69 Å². The van der Waals surface area contributed by atoms with Crippen molar-refractivity contribution in [3.8, 4) is 0 Å². The average molecular weight is 485 g/mol. The van der Waals surface area contributed by atoms with E-state index in [4.69, 9.17) is 9.15 Å². The van der Waals surface area contributed by atoms with E-state index in [1.807, 2.05) is 0 Å². The molecule has 0 spiro atoms. The molecule has 9 heteroatoms. The van der Waals surface area contributed by atoms with Crippen LogP contribution >= 0.6 is 15.9 Å². The molecule has 1 saturated heterocycles. The van der Waals surface area contributed by atoms with Crippen molar-refractivity contribution in [2.24, 2.45) is 0 Å². The molecule has 31 heavy (non-hydrogen) atoms. The number of carbonyl (C=O) groups excluding carboxylic acids is 1. The third-order valence-corrected chi connectivity index (χ3v) is 6.24. The van der Waals surface area contributed by atoms with Crippen molar-refractivity contribution in [3.63, 3.8) is 0 Å². The number of fused-ring (bicyclic) bond motifs is 2. The van der Waals surface area contributed by atoms with Crippen molar-refractivity contribution in [1.29, 1.82) is 0 Å². The number of amides is 1. The highest BCUT2D eigenvalue weighted by Gasteiger charge is 2.44. The number of hydrogen-bond acceptors (Lipinski definition) is 6. The van der Waals surface area contributed by atoms with E-state index >= 15 is 0 Å². The minimum atomic E-state index is -0.786. The average Bonchev–Trinajstić information content (AvgIpc) is 3.36. The molecule has 2 aliphatic heterocycles. The Morgan fingerprint density at radius 2 is 2.03 bits per heavy atom. The van der Waals surface area contributed by atoms with Gasteiger partial charge >= 0.3 is 0 Å². The number of nitrogens with zero attached hydrogens (tertiary/aromatic N) is 2. The lowest BCUT2D eigenvalue weighted by Gasteiger charge is -2.27. The zero-order chi connectivity index (χ0) is 21.7. The third-order valence-electron chi connectivity index (χ3n) is 5.75. The van der Waals surface area contributed by atoms with Crippen LogP contribution in [-0.2, 0) is 4.74 Å². The van der Waals surface area contributed by atoms with Crippen LogP contribution in [0, 0.1) is 10.1 Å². The predicted octanol–water partition coefficient (Wildman–Crippen LogP) is 4.19. The Kier molecular flexibility index (Phi) is 4.86. The van der Waals surface area contributed by atoms with E-state index < -0.39 is 16.9 Å². The van der Waals surface area contributed by atoms with Gasteiger partial charge in [-0.1, -0.05) is 28.1 Å². The van der Waals surface area contributed by atoms with E-state index in [0.717, 1.165) is 12.8 Å². The van der Waals surface area contributed by atoms with E-state index in [9.17, 15) is 19.7 Å². The van der Waals surface area contributed by atoms with E-state index in [1.165, 1.54) is 12.1 Å². The molecule has 2 aliphatic rings. The fraction of sp³-hybridized carbons (Fsp3) is 0.273. The largest absolute Gasteiger partial charge is 0.450 e. The molecule has 0 saturated carbocycles. The number of carbonyl (C=O) groups is 1. The fourth-order valence-electron chi connectivity index (χ4n) is 4.34. The monoisotopic (exact) mass is 484 g/mol. The standard InChI is InChI=1S/C22H17BrN2O6/c23-13-6-7-17-16(10-13)20(26)18-19(12-3-1-4-14(9-12)25(28)29)24(22(27)21(18)31-17)11-15-5-2-8-30-15/h1,3-4,6-7,9-10,15,19H,2,5,8,11H2/t15-,19-/m1/s1. The fourth-order valence-corrected chi connectivity index (χ4v) is 4.70. The Hall–Kier alpha value is -3.04. The van der Waals surface area contributed by atoms with E-state index in [0.29, 0.717) is 27.6 Å². The molecule has 1 amide bonds. The van der Waals surface area contributed by atoms with E-state index in [2.05, 4.69) is 15.9 Å². The summed E-state index contributed by atoms with van der Waals surface area (Å²) in [5.74, 6) is -0.432. The second-order valence-corrected chi connectivity index (χ2v) is 8.58. The van der Waals surface area contributed by atoms with Crippen LogP contribution in [0.1, 0.15) is 40.6 Å². The summed E-state index contributed by atoms with van der Waals surface area (Å²) in [5.41, 5.74) is 0.577. The van der Waals surface area contributed by atoms with Crippen molar-refractivity contribution in [3.05, 3.63) is 84.2 Å². The Morgan fingerprint density at radius 1 is 1.19 bits per heavy atom. The Morgan fingerprint density at radius 3 is 2.77 bits per heavy atom. The molecule has 2 aromatic carbocycles. The molecule has 0 unspecified atom stereocenters. The van der Waals surface area contributed by atoms with Crippen molar-refractivity contribution in [2.75, 3.05) is 13.2 Å². The number of rotatable bonds is 4. The summed E-state index contributed by atoms with van der Waals surface area (Å²) in [6.45, 7) is 0.895. The number of hydrogen-bond donors (Lipinski definition) is 0. The Balaban J connectivity index is 1.72. The summed E-state index contributed by atoms with van der Waals surface area (Å²) < 4.78 is 12.3. The minimum Gasteiger partial charge on any atom is -0.450 e. The van der Waals surface area contributed by atoms with Gasteiger partial charge in [-0.2, -0.15) is 0 Å². The maximum atomic E-state index is 13.5. The van der Waals surface area contributed by atoms with Gasteiger partial charge in [0.25, 0.3) is 11.6 Å². The number of benzene rings is 2. The summed E-state index contributed by atoms with van der Waals surface area (Å²) >= 11 is 3.37. The van der Waals surface area contributed by atoms with Crippen LogP contribution < -0.4 is 5.43 Å². The molecule has 0 radical (unpaired) electrons. The zero-order valence-corrected chi connectivity index (χ0v) is 17.8. The molecule has 3 heterocycles. The van der Waals surface area contributed by atoms with Gasteiger partial charge in [-0.25, -0.2) is 0 Å². The maximum Gasteiger partial charge on any atom is 0.291 e. The first kappa shape index (κ1) is 19.9. The van der Waals surface area contributed by atoms with Crippen LogP contribution in [-0.4, -0.2) is 35.0 Å². The van der Waals surface area contributed by atoms with Gasteiger partial charge in [0.1, 0.15) is 5.58 Å². The highest BCUT2D eigenvalue weighted by molar-refractivity contribution is 9.10. The van der Waals surface area contributed by atoms with Crippen molar-refractivity contribution < 1.29 is 18.9 Å². The van der Waals surface area contributed by atoms with Gasteiger partial charge in [-0.15, -0.1) is 0 Å². The zero-order valence-electron chi connectivity index (χ0n) is 16.2. The molecule has 5 rings (SSSR count). The van der Waals surface area contributed by atoms with Crippen molar-refractivity contribution in [1.82, 2.24) is 4.90 Å². The van der Waals surface area contributed by atoms with E-state index in [1.54, 1.807) is 35.2 Å². The first-order chi connectivity index (χ1) is 14.9. The number of ether oxygens (including phenoxy) is 1. The Labute approximate surface area is 184 Å². The Bertz CT molecular complexity index is 1280. The van der Waals surface area contributed by atoms with E-state index in [-0.39, 0.29) is 35.1 Å². The van der Waals surface area contributed by atoms with Crippen molar-refractivity contribution >= 4 is 38.5 Å². The molecule has 8 nitrogen and oxygen atoms in total. The van der Waals surface area contributed by atoms with Gasteiger partial charge in [-0.05, 0) is 36.6 Å². The second kappa shape index (κ2) is 7.58. The normalized spacial score (nSPS) is 20.4. The molecule has 0 bridgehead atoms. The molecule has 3 aromatic rings. The lowest BCUT2D eigenvalue weighted by molar-refractivity contribution is -0.384. The molecular formula is C22H17BrN2O6. The van der Waals surface area contributed by atoms with Crippen LogP contribution in [0.25, 0.3) is 11.0 Å². The van der Waals surface area contributed by atoms with Gasteiger partial charge in [0, 0.05) is 29.8 Å². The van der Waals surface area contributed by atoms with Crippen molar-refractivity contribution in [2.45, 2.75) is 25.0 Å². The maximum absolute atomic E-state index is 13.5. The summed E-state index contributed by atoms with van der Waals surface area (Å²) in [5, 5.41) is 11.7. The number of nitro groups is 1. The highest BCUT2D eigenvalue weighted by atomic mass is 79.9. The predicted molar refractivity (Wildman–Crippen MR) is 115 cm³/mol. The summed E-state index contributed by atoms with van der Waals surface area (Å²) in [4.78, 5) is 39.2. The molecule has 1 aromatic heterocycles. The van der Waals surface area contributed by atoms with Gasteiger partial charge in [0.05, 0.1) is 28.0 Å². The smallest absolute Gasteiger partial charge is 0.291 e. The first-order valence-electron chi connectivity index (χ1n) is 9.87. The summed E-state index contributed by atoms with van der Waals surface area (Å²) in [6.07, 6.45) is 1.55. The third kappa shape index (κ3) is 3.34. The van der Waals surface area contributed by atoms with Gasteiger partial charge in [0.15, 0.2) is 5.43 Å². The lowest BCUT2D eigenvalue weighted by Crippen LogP contribution is -2.36. The lowest BCUT2D eigenvalue weighted by atomic mass is 9.98. The van der Waals surface area contributed by atoms with Crippen LogP contribution in [0.15, 0.2) is 56.1 Å². The highest BCUT2D eigenvalue weighted by Crippen LogP contribution is 2.40. The molecule has 0 aliphatic carbocycles. The molecule has 1 fully saturated rings. The summed E-state index contributed by atoms with van der Waals surface area (Å²) in [7, 11) is 0. The minimum absolute atomic E-state index is 0.0191. The molecule has 2 atom stereocenters. The van der Waals surface area contributed by atoms with Crippen LogP contribution in [0.2, 0.25) is 0 Å². The van der Waals surface area contributed by atoms with Gasteiger partial charge < -0.3 is 14.1 Å².